The van der Waals surface area contributed by atoms with Crippen LogP contribution in [0.3, 0.4) is 0 Å². The van der Waals surface area contributed by atoms with E-state index in [0.29, 0.717) is 18.7 Å². The van der Waals surface area contributed by atoms with Crippen molar-refractivity contribution in [2.75, 3.05) is 25.4 Å². The zero-order chi connectivity index (χ0) is 13.7. The average Bonchev–Trinajstić information content (AvgIpc) is 2.87. The summed E-state index contributed by atoms with van der Waals surface area (Å²) in [5, 5.41) is 4.59. The highest BCUT2D eigenvalue weighted by atomic mass is 32.2. The SMILES string of the molecule is CCOC(=O)N1CCC(NC2=NC(CC)CS2)CC1. The Kier molecular flexibility index (Phi) is 5.36. The molecule has 0 radical (unpaired) electrons. The van der Waals surface area contributed by atoms with Crippen molar-refractivity contribution >= 4 is 23.0 Å². The van der Waals surface area contributed by atoms with Crippen molar-refractivity contribution < 1.29 is 9.53 Å². The standard InChI is InChI=1S/C13H23N3O2S/c1-3-10-9-19-12(14-10)15-11-5-7-16(8-6-11)13(17)18-4-2/h10-11H,3-9H2,1-2H3,(H,14,15). The Balaban J connectivity index is 1.73. The van der Waals surface area contributed by atoms with Gasteiger partial charge in [-0.2, -0.15) is 0 Å². The molecule has 19 heavy (non-hydrogen) atoms. The molecule has 2 rings (SSSR count). The van der Waals surface area contributed by atoms with Crippen molar-refractivity contribution in [3.8, 4) is 0 Å². The van der Waals surface area contributed by atoms with Gasteiger partial charge in [0.2, 0.25) is 0 Å². The topological polar surface area (TPSA) is 53.9 Å². The van der Waals surface area contributed by atoms with Crippen molar-refractivity contribution in [2.45, 2.75) is 45.2 Å². The molecule has 0 spiro atoms. The van der Waals surface area contributed by atoms with Crippen LogP contribution < -0.4 is 5.32 Å². The molecule has 5 nitrogen and oxygen atoms in total. The lowest BCUT2D eigenvalue weighted by atomic mass is 10.1. The number of amidine groups is 1. The van der Waals surface area contributed by atoms with Gasteiger partial charge in [-0.25, -0.2) is 4.79 Å². The number of thioether (sulfide) groups is 1. The van der Waals surface area contributed by atoms with E-state index in [1.54, 1.807) is 4.90 Å². The number of amides is 1. The maximum atomic E-state index is 11.6. The molecule has 2 heterocycles. The first-order valence-corrected chi connectivity index (χ1v) is 8.10. The van der Waals surface area contributed by atoms with Crippen LogP contribution in [-0.4, -0.2) is 53.7 Å². The van der Waals surface area contributed by atoms with Crippen LogP contribution in [0.5, 0.6) is 0 Å². The highest BCUT2D eigenvalue weighted by Crippen LogP contribution is 2.20. The first-order valence-electron chi connectivity index (χ1n) is 7.11. The van der Waals surface area contributed by atoms with Gasteiger partial charge in [-0.05, 0) is 26.2 Å². The van der Waals surface area contributed by atoms with Crippen LogP contribution in [0.1, 0.15) is 33.1 Å². The molecule has 1 fully saturated rings. The molecular weight excluding hydrogens is 262 g/mol. The second-order valence-corrected chi connectivity index (χ2v) is 5.92. The molecular formula is C13H23N3O2S. The third-order valence-corrected chi connectivity index (χ3v) is 4.58. The molecule has 0 bridgehead atoms. The highest BCUT2D eigenvalue weighted by molar-refractivity contribution is 8.14. The molecule has 1 amide bonds. The number of piperidine rings is 1. The number of carbonyl (C=O) groups is 1. The summed E-state index contributed by atoms with van der Waals surface area (Å²) in [5.41, 5.74) is 0. The molecule has 108 valence electrons. The number of nitrogens with zero attached hydrogens (tertiary/aromatic N) is 2. The van der Waals surface area contributed by atoms with Gasteiger partial charge in [-0.3, -0.25) is 4.99 Å². The number of aliphatic imine (C=N–C) groups is 1. The van der Waals surface area contributed by atoms with E-state index in [9.17, 15) is 4.79 Å². The largest absolute Gasteiger partial charge is 0.450 e. The molecule has 0 saturated carbocycles. The van der Waals surface area contributed by atoms with Crippen LogP contribution in [0.25, 0.3) is 0 Å². The summed E-state index contributed by atoms with van der Waals surface area (Å²) in [6.45, 7) is 6.00. The molecule has 6 heteroatoms. The highest BCUT2D eigenvalue weighted by Gasteiger charge is 2.25. The van der Waals surface area contributed by atoms with Gasteiger partial charge in [0.1, 0.15) is 0 Å². The van der Waals surface area contributed by atoms with E-state index in [2.05, 4.69) is 17.2 Å². The van der Waals surface area contributed by atoms with E-state index in [1.165, 1.54) is 0 Å². The van der Waals surface area contributed by atoms with Gasteiger partial charge in [-0.1, -0.05) is 18.7 Å². The maximum absolute atomic E-state index is 11.6. The second-order valence-electron chi connectivity index (χ2n) is 4.91. The predicted octanol–water partition coefficient (Wildman–Crippen LogP) is 2.08. The molecule has 2 aliphatic heterocycles. The Morgan fingerprint density at radius 3 is 2.79 bits per heavy atom. The van der Waals surface area contributed by atoms with Crippen LogP contribution in [0, 0.1) is 0 Å². The summed E-state index contributed by atoms with van der Waals surface area (Å²) in [4.78, 5) is 18.0. The fourth-order valence-corrected chi connectivity index (χ4v) is 3.43. The maximum Gasteiger partial charge on any atom is 0.409 e. The van der Waals surface area contributed by atoms with Crippen LogP contribution >= 0.6 is 11.8 Å². The van der Waals surface area contributed by atoms with E-state index in [-0.39, 0.29) is 6.09 Å². The van der Waals surface area contributed by atoms with Crippen LogP contribution in [0.15, 0.2) is 4.99 Å². The van der Waals surface area contributed by atoms with Gasteiger partial charge >= 0.3 is 6.09 Å². The lowest BCUT2D eigenvalue weighted by Crippen LogP contribution is -2.46. The fourth-order valence-electron chi connectivity index (χ4n) is 2.30. The minimum Gasteiger partial charge on any atom is -0.450 e. The zero-order valence-electron chi connectivity index (χ0n) is 11.7. The smallest absolute Gasteiger partial charge is 0.409 e. The molecule has 1 saturated heterocycles. The number of hydrogen-bond acceptors (Lipinski definition) is 5. The number of nitrogens with one attached hydrogen (secondary N) is 1. The molecule has 1 N–H and O–H groups in total. The predicted molar refractivity (Wildman–Crippen MR) is 78.7 cm³/mol. The quantitative estimate of drug-likeness (QED) is 0.862. The molecule has 1 unspecified atom stereocenters. The first kappa shape index (κ1) is 14.5. The fraction of sp³-hybridized carbons (Fsp3) is 0.846. The minimum atomic E-state index is -0.181. The summed E-state index contributed by atoms with van der Waals surface area (Å²) in [6, 6.07) is 0.916. The second kappa shape index (κ2) is 7.03. The van der Waals surface area contributed by atoms with Gasteiger partial charge in [0, 0.05) is 24.9 Å². The Labute approximate surface area is 119 Å². The van der Waals surface area contributed by atoms with E-state index in [4.69, 9.17) is 4.74 Å². The molecule has 2 aliphatic rings. The van der Waals surface area contributed by atoms with Crippen molar-refractivity contribution in [1.82, 2.24) is 10.2 Å². The van der Waals surface area contributed by atoms with E-state index in [1.807, 2.05) is 18.7 Å². The molecule has 0 aromatic heterocycles. The van der Waals surface area contributed by atoms with Crippen LogP contribution in [0.2, 0.25) is 0 Å². The molecule has 1 atom stereocenters. The van der Waals surface area contributed by atoms with Crippen molar-refractivity contribution in [3.63, 3.8) is 0 Å². The molecule has 0 aromatic carbocycles. The number of rotatable bonds is 3. The van der Waals surface area contributed by atoms with Crippen molar-refractivity contribution in [1.29, 1.82) is 0 Å². The first-order chi connectivity index (χ1) is 9.22. The molecule has 0 aromatic rings. The third kappa shape index (κ3) is 4.03. The Morgan fingerprint density at radius 2 is 2.21 bits per heavy atom. The van der Waals surface area contributed by atoms with E-state index < -0.39 is 0 Å². The van der Waals surface area contributed by atoms with Gasteiger partial charge in [-0.15, -0.1) is 0 Å². The monoisotopic (exact) mass is 285 g/mol. The minimum absolute atomic E-state index is 0.181. The van der Waals surface area contributed by atoms with Gasteiger partial charge in [0.15, 0.2) is 5.17 Å². The Morgan fingerprint density at radius 1 is 1.47 bits per heavy atom. The number of ether oxygens (including phenoxy) is 1. The van der Waals surface area contributed by atoms with Gasteiger partial charge in [0.25, 0.3) is 0 Å². The summed E-state index contributed by atoms with van der Waals surface area (Å²) < 4.78 is 5.02. The molecule has 0 aliphatic carbocycles. The van der Waals surface area contributed by atoms with E-state index in [0.717, 1.165) is 43.3 Å². The average molecular weight is 285 g/mol. The van der Waals surface area contributed by atoms with Gasteiger partial charge in [0.05, 0.1) is 12.6 Å². The zero-order valence-corrected chi connectivity index (χ0v) is 12.5. The number of hydrogen-bond donors (Lipinski definition) is 1. The number of likely N-dealkylation sites (tertiary alicyclic amines) is 1. The van der Waals surface area contributed by atoms with Crippen molar-refractivity contribution in [2.24, 2.45) is 4.99 Å². The Bertz CT molecular complexity index is 341. The summed E-state index contributed by atoms with van der Waals surface area (Å²) in [5.74, 6) is 1.10. The van der Waals surface area contributed by atoms with Crippen LogP contribution in [0.4, 0.5) is 4.79 Å². The van der Waals surface area contributed by atoms with Crippen LogP contribution in [-0.2, 0) is 4.74 Å². The van der Waals surface area contributed by atoms with Gasteiger partial charge < -0.3 is 15.0 Å². The lowest BCUT2D eigenvalue weighted by molar-refractivity contribution is 0.0964. The normalized spacial score (nSPS) is 24.2. The summed E-state index contributed by atoms with van der Waals surface area (Å²) >= 11 is 1.82. The summed E-state index contributed by atoms with van der Waals surface area (Å²) in [6.07, 6.45) is 2.86. The third-order valence-electron chi connectivity index (χ3n) is 3.53. The lowest BCUT2D eigenvalue weighted by Gasteiger charge is -2.31. The Hall–Kier alpha value is -0.910. The van der Waals surface area contributed by atoms with Crippen molar-refractivity contribution in [3.05, 3.63) is 0 Å². The summed E-state index contributed by atoms with van der Waals surface area (Å²) in [7, 11) is 0. The number of carbonyl (C=O) groups excluding carboxylic acids is 1. The van der Waals surface area contributed by atoms with E-state index >= 15 is 0 Å².